The molecule has 0 saturated heterocycles. The van der Waals surface area contributed by atoms with Crippen molar-refractivity contribution in [3.63, 3.8) is 0 Å². The van der Waals surface area contributed by atoms with Gasteiger partial charge in [0, 0.05) is 6.42 Å². The summed E-state index contributed by atoms with van der Waals surface area (Å²) in [5.41, 5.74) is 0.939. The summed E-state index contributed by atoms with van der Waals surface area (Å²) in [6.07, 6.45) is 1.16. The van der Waals surface area contributed by atoms with E-state index in [0.29, 0.717) is 4.90 Å². The average molecular weight is 310 g/mol. The predicted molar refractivity (Wildman–Crippen MR) is 87.2 cm³/mol. The van der Waals surface area contributed by atoms with E-state index >= 15 is 0 Å². The van der Waals surface area contributed by atoms with Gasteiger partial charge in [-0.05, 0) is 29.0 Å². The molecule has 0 radical (unpaired) electrons. The highest BCUT2D eigenvalue weighted by molar-refractivity contribution is 7.91. The molecular formula is C16H26N2O2S. The van der Waals surface area contributed by atoms with Crippen LogP contribution < -0.4 is 5.14 Å². The van der Waals surface area contributed by atoms with Crippen molar-refractivity contribution >= 4 is 15.8 Å². The van der Waals surface area contributed by atoms with Crippen molar-refractivity contribution in [2.45, 2.75) is 57.8 Å². The maximum Gasteiger partial charge on any atom is 0.255 e. The lowest BCUT2D eigenvalue weighted by Crippen LogP contribution is -2.18. The molecule has 2 N–H and O–H groups in total. The standard InChI is InChI=1S/C16H26N2O2S/c1-6-12(2)10-15(19)18-21(17,20)14-9-7-8-13(11-14)16(3,4)5/h7-9,11-12H,6,10H2,1-5H3,(H2,17,18,19,20)/t12-,21?/m0/s1. The monoisotopic (exact) mass is 310 g/mol. The van der Waals surface area contributed by atoms with Crippen LogP contribution in [0, 0.1) is 5.92 Å². The highest BCUT2D eigenvalue weighted by Gasteiger charge is 2.17. The van der Waals surface area contributed by atoms with E-state index in [0.717, 1.165) is 12.0 Å². The maximum atomic E-state index is 12.5. The summed E-state index contributed by atoms with van der Waals surface area (Å²) in [5.74, 6) is -0.171. The molecule has 1 rings (SSSR count). The minimum absolute atomic E-state index is 0.0771. The average Bonchev–Trinajstić information content (AvgIpc) is 2.37. The van der Waals surface area contributed by atoms with E-state index in [1.165, 1.54) is 0 Å². The molecule has 0 fully saturated rings. The van der Waals surface area contributed by atoms with Crippen molar-refractivity contribution in [1.82, 2.24) is 0 Å². The Morgan fingerprint density at radius 3 is 2.52 bits per heavy atom. The van der Waals surface area contributed by atoms with Gasteiger partial charge in [0.1, 0.15) is 9.92 Å². The molecule has 0 spiro atoms. The zero-order valence-electron chi connectivity index (χ0n) is 13.6. The van der Waals surface area contributed by atoms with Crippen LogP contribution in [0.3, 0.4) is 0 Å². The van der Waals surface area contributed by atoms with Crippen LogP contribution in [0.25, 0.3) is 0 Å². The molecule has 0 aliphatic rings. The largest absolute Gasteiger partial charge is 0.272 e. The van der Waals surface area contributed by atoms with Crippen LogP contribution in [-0.4, -0.2) is 10.1 Å². The Balaban J connectivity index is 3.13. The smallest absolute Gasteiger partial charge is 0.255 e. The SMILES string of the molecule is CC[C@H](C)CC(=O)N=S(N)(=O)c1cccc(C(C)(C)C)c1. The summed E-state index contributed by atoms with van der Waals surface area (Å²) in [7, 11) is -3.17. The molecule has 21 heavy (non-hydrogen) atoms. The van der Waals surface area contributed by atoms with Crippen LogP contribution in [0.2, 0.25) is 0 Å². The van der Waals surface area contributed by atoms with Gasteiger partial charge in [-0.3, -0.25) is 4.79 Å². The van der Waals surface area contributed by atoms with Crippen molar-refractivity contribution in [3.05, 3.63) is 29.8 Å². The Morgan fingerprint density at radius 2 is 2.00 bits per heavy atom. The predicted octanol–water partition coefficient (Wildman–Crippen LogP) is 3.65. The fourth-order valence-electron chi connectivity index (χ4n) is 1.83. The Labute approximate surface area is 128 Å². The molecule has 0 saturated carbocycles. The second-order valence-corrected chi connectivity index (χ2v) is 8.34. The number of nitrogens with two attached hydrogens (primary N) is 1. The van der Waals surface area contributed by atoms with Gasteiger partial charge in [-0.1, -0.05) is 53.2 Å². The Hall–Kier alpha value is -1.20. The van der Waals surface area contributed by atoms with Gasteiger partial charge in [0.2, 0.25) is 0 Å². The fourth-order valence-corrected chi connectivity index (χ4v) is 2.88. The maximum absolute atomic E-state index is 12.5. The zero-order chi connectivity index (χ0) is 16.3. The number of amides is 1. The normalized spacial score (nSPS) is 16.1. The summed E-state index contributed by atoms with van der Waals surface area (Å²) in [6, 6.07) is 7.21. The van der Waals surface area contributed by atoms with Crippen LogP contribution in [0.4, 0.5) is 0 Å². The molecule has 4 nitrogen and oxygen atoms in total. The van der Waals surface area contributed by atoms with Crippen molar-refractivity contribution in [1.29, 1.82) is 0 Å². The summed E-state index contributed by atoms with van der Waals surface area (Å²) in [4.78, 5) is 12.3. The fraction of sp³-hybridized carbons (Fsp3) is 0.562. The third-order valence-corrected chi connectivity index (χ3v) is 4.90. The van der Waals surface area contributed by atoms with E-state index in [9.17, 15) is 9.00 Å². The van der Waals surface area contributed by atoms with E-state index < -0.39 is 15.8 Å². The molecule has 0 aromatic heterocycles. The summed E-state index contributed by atoms with van der Waals surface area (Å²) in [5, 5.41) is 5.81. The second-order valence-electron chi connectivity index (χ2n) is 6.55. The first-order valence-corrected chi connectivity index (χ1v) is 8.82. The number of nitrogens with zero attached hydrogens (tertiary/aromatic N) is 1. The van der Waals surface area contributed by atoms with Gasteiger partial charge < -0.3 is 0 Å². The van der Waals surface area contributed by atoms with Crippen LogP contribution >= 0.6 is 0 Å². The van der Waals surface area contributed by atoms with Gasteiger partial charge in [0.05, 0.1) is 4.90 Å². The second kappa shape index (κ2) is 6.71. The molecule has 118 valence electrons. The Morgan fingerprint density at radius 1 is 1.38 bits per heavy atom. The number of carbonyl (C=O) groups is 1. The third kappa shape index (κ3) is 5.25. The molecule has 0 aliphatic heterocycles. The summed E-state index contributed by atoms with van der Waals surface area (Å²) < 4.78 is 16.3. The van der Waals surface area contributed by atoms with Gasteiger partial charge in [0.15, 0.2) is 0 Å². The topological polar surface area (TPSA) is 72.5 Å². The van der Waals surface area contributed by atoms with E-state index in [1.807, 2.05) is 19.9 Å². The molecular weight excluding hydrogens is 284 g/mol. The third-order valence-electron chi connectivity index (χ3n) is 3.50. The molecule has 0 aliphatic carbocycles. The molecule has 1 aromatic carbocycles. The van der Waals surface area contributed by atoms with E-state index in [-0.39, 0.29) is 17.8 Å². The van der Waals surface area contributed by atoms with Gasteiger partial charge in [-0.25, -0.2) is 9.35 Å². The number of benzene rings is 1. The highest BCUT2D eigenvalue weighted by atomic mass is 32.2. The number of carbonyl (C=O) groups excluding carboxylic acids is 1. The van der Waals surface area contributed by atoms with E-state index in [1.54, 1.807) is 18.2 Å². The lowest BCUT2D eigenvalue weighted by Gasteiger charge is -2.19. The van der Waals surface area contributed by atoms with E-state index in [2.05, 4.69) is 25.1 Å². The lowest BCUT2D eigenvalue weighted by atomic mass is 9.87. The first-order chi connectivity index (χ1) is 9.56. The molecule has 5 heteroatoms. The molecule has 1 aromatic rings. The lowest BCUT2D eigenvalue weighted by molar-refractivity contribution is -0.118. The minimum atomic E-state index is -3.17. The zero-order valence-corrected chi connectivity index (χ0v) is 14.4. The first-order valence-electron chi connectivity index (χ1n) is 7.24. The molecule has 2 atom stereocenters. The molecule has 0 bridgehead atoms. The molecule has 1 unspecified atom stereocenters. The van der Waals surface area contributed by atoms with Gasteiger partial charge in [-0.15, -0.1) is 4.36 Å². The highest BCUT2D eigenvalue weighted by Crippen LogP contribution is 2.24. The summed E-state index contributed by atoms with van der Waals surface area (Å²) in [6.45, 7) is 10.2. The summed E-state index contributed by atoms with van der Waals surface area (Å²) >= 11 is 0. The Bertz CT molecular complexity index is 623. The van der Waals surface area contributed by atoms with Gasteiger partial charge in [0.25, 0.3) is 5.91 Å². The van der Waals surface area contributed by atoms with Gasteiger partial charge in [-0.2, -0.15) is 0 Å². The van der Waals surface area contributed by atoms with Crippen LogP contribution in [-0.2, 0) is 20.1 Å². The molecule has 0 heterocycles. The van der Waals surface area contributed by atoms with Crippen molar-refractivity contribution < 1.29 is 9.00 Å². The number of rotatable bonds is 4. The Kier molecular flexibility index (Phi) is 5.70. The van der Waals surface area contributed by atoms with Crippen LogP contribution in [0.5, 0.6) is 0 Å². The van der Waals surface area contributed by atoms with Crippen LogP contribution in [0.1, 0.15) is 53.0 Å². The number of hydrogen-bond donors (Lipinski definition) is 1. The van der Waals surface area contributed by atoms with Crippen molar-refractivity contribution in [2.24, 2.45) is 15.4 Å². The molecule has 1 amide bonds. The minimum Gasteiger partial charge on any atom is -0.272 e. The van der Waals surface area contributed by atoms with Gasteiger partial charge >= 0.3 is 0 Å². The van der Waals surface area contributed by atoms with Crippen molar-refractivity contribution in [3.8, 4) is 0 Å². The first kappa shape index (κ1) is 17.9. The number of hydrogen-bond acceptors (Lipinski definition) is 2. The van der Waals surface area contributed by atoms with Crippen molar-refractivity contribution in [2.75, 3.05) is 0 Å². The quantitative estimate of drug-likeness (QED) is 0.922. The van der Waals surface area contributed by atoms with E-state index in [4.69, 9.17) is 5.14 Å². The van der Waals surface area contributed by atoms with Crippen LogP contribution in [0.15, 0.2) is 33.5 Å².